The summed E-state index contributed by atoms with van der Waals surface area (Å²) in [6, 6.07) is 0.677. The maximum atomic E-state index is 5.80. The van der Waals surface area contributed by atoms with Crippen LogP contribution in [-0.4, -0.2) is 38.8 Å². The lowest BCUT2D eigenvalue weighted by molar-refractivity contribution is 0.146. The Labute approximate surface area is 122 Å². The van der Waals surface area contributed by atoms with Crippen LogP contribution in [0.3, 0.4) is 0 Å². The van der Waals surface area contributed by atoms with Gasteiger partial charge in [-0.05, 0) is 18.8 Å². The molecule has 0 radical (unpaired) electrons. The van der Waals surface area contributed by atoms with Crippen molar-refractivity contribution in [2.75, 3.05) is 13.1 Å². The Morgan fingerprint density at radius 1 is 1.35 bits per heavy atom. The maximum absolute atomic E-state index is 5.80. The number of rotatable bonds is 7. The van der Waals surface area contributed by atoms with E-state index in [4.69, 9.17) is 5.73 Å². The van der Waals surface area contributed by atoms with Gasteiger partial charge in [0, 0.05) is 25.7 Å². The van der Waals surface area contributed by atoms with E-state index >= 15 is 0 Å². The third-order valence-corrected chi connectivity index (χ3v) is 4.09. The standard InChI is InChI=1S/C15H29N5/c1-13(2)10-20-15(17-12-18-20)11-19(9-8-16)14-6-4-3-5-7-14/h12-14H,3-11,16H2,1-2H3. The topological polar surface area (TPSA) is 60.0 Å². The fourth-order valence-electron chi connectivity index (χ4n) is 3.09. The highest BCUT2D eigenvalue weighted by atomic mass is 15.4. The normalized spacial score (nSPS) is 17.2. The Bertz CT molecular complexity index is 381. The second-order valence-corrected chi connectivity index (χ2v) is 6.30. The van der Waals surface area contributed by atoms with Crippen molar-refractivity contribution < 1.29 is 0 Å². The summed E-state index contributed by atoms with van der Waals surface area (Å²) >= 11 is 0. The van der Waals surface area contributed by atoms with E-state index in [0.29, 0.717) is 12.0 Å². The molecule has 0 bridgehead atoms. The van der Waals surface area contributed by atoms with Crippen LogP contribution in [0.1, 0.15) is 51.8 Å². The number of nitrogens with two attached hydrogens (primary N) is 1. The summed E-state index contributed by atoms with van der Waals surface area (Å²) in [5, 5.41) is 4.36. The average Bonchev–Trinajstić information content (AvgIpc) is 2.86. The van der Waals surface area contributed by atoms with E-state index in [1.165, 1.54) is 32.1 Å². The van der Waals surface area contributed by atoms with Gasteiger partial charge >= 0.3 is 0 Å². The van der Waals surface area contributed by atoms with Crippen LogP contribution in [0.25, 0.3) is 0 Å². The predicted octanol–water partition coefficient (Wildman–Crippen LogP) is 2.03. The minimum Gasteiger partial charge on any atom is -0.329 e. The smallest absolute Gasteiger partial charge is 0.141 e. The van der Waals surface area contributed by atoms with Crippen molar-refractivity contribution in [1.82, 2.24) is 19.7 Å². The first-order valence-corrected chi connectivity index (χ1v) is 8.01. The molecule has 1 fully saturated rings. The van der Waals surface area contributed by atoms with Gasteiger partial charge in [-0.15, -0.1) is 0 Å². The van der Waals surface area contributed by atoms with Crippen LogP contribution in [0.15, 0.2) is 6.33 Å². The van der Waals surface area contributed by atoms with E-state index in [-0.39, 0.29) is 0 Å². The SMILES string of the molecule is CC(C)Cn1ncnc1CN(CCN)C1CCCCC1. The van der Waals surface area contributed by atoms with Gasteiger partial charge in [0.15, 0.2) is 0 Å². The summed E-state index contributed by atoms with van der Waals surface area (Å²) in [5.74, 6) is 1.67. The van der Waals surface area contributed by atoms with E-state index in [1.54, 1.807) is 6.33 Å². The Kier molecular flexibility index (Phi) is 5.98. The van der Waals surface area contributed by atoms with Gasteiger partial charge in [-0.2, -0.15) is 5.10 Å². The van der Waals surface area contributed by atoms with Crippen LogP contribution in [0.5, 0.6) is 0 Å². The summed E-state index contributed by atoms with van der Waals surface area (Å²) in [6.07, 6.45) is 8.38. The van der Waals surface area contributed by atoms with Crippen LogP contribution in [-0.2, 0) is 13.1 Å². The van der Waals surface area contributed by atoms with E-state index < -0.39 is 0 Å². The molecular formula is C15H29N5. The zero-order chi connectivity index (χ0) is 14.4. The lowest BCUT2D eigenvalue weighted by Crippen LogP contribution is -2.40. The average molecular weight is 279 g/mol. The van der Waals surface area contributed by atoms with E-state index in [9.17, 15) is 0 Å². The molecule has 0 amide bonds. The molecule has 1 heterocycles. The first-order chi connectivity index (χ1) is 9.70. The summed E-state index contributed by atoms with van der Waals surface area (Å²) in [6.45, 7) is 7.92. The molecule has 5 heteroatoms. The molecule has 2 N–H and O–H groups in total. The van der Waals surface area contributed by atoms with Gasteiger partial charge < -0.3 is 5.73 Å². The van der Waals surface area contributed by atoms with Crippen molar-refractivity contribution >= 4 is 0 Å². The van der Waals surface area contributed by atoms with Crippen LogP contribution < -0.4 is 5.73 Å². The summed E-state index contributed by atoms with van der Waals surface area (Å²) in [5.41, 5.74) is 5.80. The zero-order valence-electron chi connectivity index (χ0n) is 13.0. The van der Waals surface area contributed by atoms with E-state index in [2.05, 4.69) is 33.5 Å². The Hall–Kier alpha value is -0.940. The lowest BCUT2D eigenvalue weighted by Gasteiger charge is -2.33. The molecule has 5 nitrogen and oxygen atoms in total. The molecule has 0 aromatic carbocycles. The molecule has 1 aliphatic carbocycles. The van der Waals surface area contributed by atoms with Crippen molar-refractivity contribution in [3.63, 3.8) is 0 Å². The monoisotopic (exact) mass is 279 g/mol. The number of nitrogens with zero attached hydrogens (tertiary/aromatic N) is 4. The van der Waals surface area contributed by atoms with Crippen molar-refractivity contribution in [3.8, 4) is 0 Å². The fourth-order valence-corrected chi connectivity index (χ4v) is 3.09. The Balaban J connectivity index is 2.01. The third-order valence-electron chi connectivity index (χ3n) is 4.09. The van der Waals surface area contributed by atoms with Gasteiger partial charge in [-0.3, -0.25) is 4.90 Å². The molecule has 1 aromatic heterocycles. The van der Waals surface area contributed by atoms with Gasteiger partial charge in [0.2, 0.25) is 0 Å². The second kappa shape index (κ2) is 7.74. The molecular weight excluding hydrogens is 250 g/mol. The molecule has 2 rings (SSSR count). The summed E-state index contributed by atoms with van der Waals surface area (Å²) in [4.78, 5) is 6.97. The van der Waals surface area contributed by atoms with Crippen LogP contribution >= 0.6 is 0 Å². The van der Waals surface area contributed by atoms with E-state index in [1.807, 2.05) is 0 Å². The van der Waals surface area contributed by atoms with Gasteiger partial charge in [0.1, 0.15) is 12.2 Å². The predicted molar refractivity (Wildman–Crippen MR) is 81.2 cm³/mol. The number of hydrogen-bond acceptors (Lipinski definition) is 4. The van der Waals surface area contributed by atoms with Crippen molar-refractivity contribution in [1.29, 1.82) is 0 Å². The first kappa shape index (κ1) is 15.4. The second-order valence-electron chi connectivity index (χ2n) is 6.30. The molecule has 0 saturated heterocycles. The highest BCUT2D eigenvalue weighted by molar-refractivity contribution is 4.88. The highest BCUT2D eigenvalue weighted by Crippen LogP contribution is 2.23. The Morgan fingerprint density at radius 3 is 2.75 bits per heavy atom. The molecule has 114 valence electrons. The zero-order valence-corrected chi connectivity index (χ0v) is 13.0. The first-order valence-electron chi connectivity index (χ1n) is 8.01. The van der Waals surface area contributed by atoms with Gasteiger partial charge in [-0.1, -0.05) is 33.1 Å². The van der Waals surface area contributed by atoms with Crippen LogP contribution in [0.2, 0.25) is 0 Å². The molecule has 1 aliphatic rings. The number of aromatic nitrogens is 3. The molecule has 1 aromatic rings. The molecule has 20 heavy (non-hydrogen) atoms. The molecule has 0 atom stereocenters. The molecule has 1 saturated carbocycles. The van der Waals surface area contributed by atoms with Crippen LogP contribution in [0, 0.1) is 5.92 Å². The van der Waals surface area contributed by atoms with Gasteiger partial charge in [-0.25, -0.2) is 9.67 Å². The lowest BCUT2D eigenvalue weighted by atomic mass is 9.94. The van der Waals surface area contributed by atoms with Crippen LogP contribution in [0.4, 0.5) is 0 Å². The van der Waals surface area contributed by atoms with Crippen molar-refractivity contribution in [3.05, 3.63) is 12.2 Å². The minimum absolute atomic E-state index is 0.591. The fraction of sp³-hybridized carbons (Fsp3) is 0.867. The Morgan fingerprint density at radius 2 is 2.10 bits per heavy atom. The largest absolute Gasteiger partial charge is 0.329 e. The number of hydrogen-bond donors (Lipinski definition) is 1. The van der Waals surface area contributed by atoms with Crippen molar-refractivity contribution in [2.24, 2.45) is 11.7 Å². The summed E-state index contributed by atoms with van der Waals surface area (Å²) in [7, 11) is 0. The van der Waals surface area contributed by atoms with Gasteiger partial charge in [0.25, 0.3) is 0 Å². The molecule has 0 spiro atoms. The quantitative estimate of drug-likeness (QED) is 0.829. The minimum atomic E-state index is 0.591. The van der Waals surface area contributed by atoms with Gasteiger partial charge in [0.05, 0.1) is 6.54 Å². The maximum Gasteiger partial charge on any atom is 0.141 e. The molecule has 0 aliphatic heterocycles. The van der Waals surface area contributed by atoms with Crippen molar-refractivity contribution in [2.45, 2.75) is 65.1 Å². The highest BCUT2D eigenvalue weighted by Gasteiger charge is 2.22. The molecule has 0 unspecified atom stereocenters. The third kappa shape index (κ3) is 4.28. The van der Waals surface area contributed by atoms with E-state index in [0.717, 1.165) is 32.0 Å². The summed E-state index contributed by atoms with van der Waals surface area (Å²) < 4.78 is 2.05.